The zero-order chi connectivity index (χ0) is 11.4. The van der Waals surface area contributed by atoms with Gasteiger partial charge in [0.25, 0.3) is 0 Å². The van der Waals surface area contributed by atoms with E-state index in [4.69, 9.17) is 11.5 Å². The lowest BCUT2D eigenvalue weighted by atomic mass is 10.0. The van der Waals surface area contributed by atoms with Gasteiger partial charge in [-0.1, -0.05) is 6.42 Å². The maximum atomic E-state index is 11.0. The van der Waals surface area contributed by atoms with Crippen LogP contribution in [0.4, 0.5) is 0 Å². The van der Waals surface area contributed by atoms with Crippen LogP contribution in [0.1, 0.15) is 33.1 Å². The smallest absolute Gasteiger partial charge is 0.231 e. The van der Waals surface area contributed by atoms with Gasteiger partial charge in [0.15, 0.2) is 0 Å². The Morgan fingerprint density at radius 3 is 2.60 bits per heavy atom. The summed E-state index contributed by atoms with van der Waals surface area (Å²) >= 11 is 0. The molecule has 0 radical (unpaired) electrons. The molecule has 0 aromatic rings. The van der Waals surface area contributed by atoms with Gasteiger partial charge >= 0.3 is 0 Å². The van der Waals surface area contributed by atoms with Gasteiger partial charge < -0.3 is 11.5 Å². The topological polar surface area (TPSA) is 72.3 Å². The Kier molecular flexibility index (Phi) is 4.54. The van der Waals surface area contributed by atoms with Crippen molar-refractivity contribution in [3.05, 3.63) is 0 Å². The SMILES string of the molecule is CC(C)N(CC(N)=O)C1CCCC1CN. The molecule has 4 heteroatoms. The Balaban J connectivity index is 2.65. The Morgan fingerprint density at radius 2 is 2.13 bits per heavy atom. The maximum absolute atomic E-state index is 11.0. The van der Waals surface area contributed by atoms with Crippen molar-refractivity contribution in [2.24, 2.45) is 17.4 Å². The fourth-order valence-electron chi connectivity index (χ4n) is 2.59. The first-order valence-electron chi connectivity index (χ1n) is 5.80. The third-order valence-corrected chi connectivity index (χ3v) is 3.35. The highest BCUT2D eigenvalue weighted by Crippen LogP contribution is 2.30. The molecular weight excluding hydrogens is 190 g/mol. The summed E-state index contributed by atoms with van der Waals surface area (Å²) in [7, 11) is 0. The lowest BCUT2D eigenvalue weighted by Gasteiger charge is -2.34. The second kappa shape index (κ2) is 5.47. The van der Waals surface area contributed by atoms with E-state index >= 15 is 0 Å². The van der Waals surface area contributed by atoms with Crippen molar-refractivity contribution in [3.8, 4) is 0 Å². The number of amides is 1. The molecule has 4 N–H and O–H groups in total. The molecule has 1 fully saturated rings. The molecule has 2 atom stereocenters. The van der Waals surface area contributed by atoms with Crippen LogP contribution < -0.4 is 11.5 Å². The number of nitrogens with two attached hydrogens (primary N) is 2. The zero-order valence-corrected chi connectivity index (χ0v) is 9.78. The van der Waals surface area contributed by atoms with E-state index in [1.54, 1.807) is 0 Å². The van der Waals surface area contributed by atoms with Gasteiger partial charge in [-0.3, -0.25) is 9.69 Å². The van der Waals surface area contributed by atoms with Crippen LogP contribution in [0.2, 0.25) is 0 Å². The normalized spacial score (nSPS) is 26.5. The van der Waals surface area contributed by atoms with Crippen molar-refractivity contribution < 1.29 is 4.79 Å². The lowest BCUT2D eigenvalue weighted by Crippen LogP contribution is -2.48. The standard InChI is InChI=1S/C11H23N3O/c1-8(2)14(7-11(13)15)10-5-3-4-9(10)6-12/h8-10H,3-7,12H2,1-2H3,(H2,13,15). The van der Waals surface area contributed by atoms with Crippen LogP contribution in [0, 0.1) is 5.92 Å². The Labute approximate surface area is 92.0 Å². The molecule has 1 amide bonds. The van der Waals surface area contributed by atoms with Crippen molar-refractivity contribution in [3.63, 3.8) is 0 Å². The van der Waals surface area contributed by atoms with E-state index in [1.165, 1.54) is 12.8 Å². The summed E-state index contributed by atoms with van der Waals surface area (Å²) in [6, 6.07) is 0.803. The molecule has 2 unspecified atom stereocenters. The number of hydrogen-bond donors (Lipinski definition) is 2. The third-order valence-electron chi connectivity index (χ3n) is 3.35. The van der Waals surface area contributed by atoms with E-state index < -0.39 is 0 Å². The molecule has 0 aromatic carbocycles. The van der Waals surface area contributed by atoms with Gasteiger partial charge in [0.1, 0.15) is 0 Å². The van der Waals surface area contributed by atoms with E-state index in [0.29, 0.717) is 31.1 Å². The monoisotopic (exact) mass is 213 g/mol. The first kappa shape index (κ1) is 12.5. The number of rotatable bonds is 5. The molecule has 1 aliphatic rings. The van der Waals surface area contributed by atoms with Crippen LogP contribution in [0.5, 0.6) is 0 Å². The van der Waals surface area contributed by atoms with Crippen LogP contribution in [0.15, 0.2) is 0 Å². The summed E-state index contributed by atoms with van der Waals surface area (Å²) < 4.78 is 0. The zero-order valence-electron chi connectivity index (χ0n) is 9.78. The van der Waals surface area contributed by atoms with Gasteiger partial charge in [0.05, 0.1) is 6.54 Å². The van der Waals surface area contributed by atoms with Crippen molar-refractivity contribution in [1.29, 1.82) is 0 Å². The Hall–Kier alpha value is -0.610. The number of nitrogens with zero attached hydrogens (tertiary/aromatic N) is 1. The lowest BCUT2D eigenvalue weighted by molar-refractivity contribution is -0.120. The summed E-state index contributed by atoms with van der Waals surface area (Å²) in [6.07, 6.45) is 3.55. The summed E-state index contributed by atoms with van der Waals surface area (Å²) in [5.74, 6) is 0.290. The Bertz CT molecular complexity index is 218. The number of primary amides is 1. The van der Waals surface area contributed by atoms with Gasteiger partial charge in [-0.05, 0) is 39.2 Å². The summed E-state index contributed by atoms with van der Waals surface area (Å²) in [5, 5.41) is 0. The second-order valence-electron chi connectivity index (χ2n) is 4.73. The second-order valence-corrected chi connectivity index (χ2v) is 4.73. The number of hydrogen-bond acceptors (Lipinski definition) is 3. The van der Waals surface area contributed by atoms with Gasteiger partial charge in [-0.2, -0.15) is 0 Å². The number of carbonyl (C=O) groups is 1. The summed E-state index contributed by atoms with van der Waals surface area (Å²) in [4.78, 5) is 13.2. The molecule has 0 spiro atoms. The highest BCUT2D eigenvalue weighted by atomic mass is 16.1. The first-order chi connectivity index (χ1) is 7.06. The van der Waals surface area contributed by atoms with Crippen LogP contribution in [0.25, 0.3) is 0 Å². The molecule has 1 aliphatic carbocycles. The fourth-order valence-corrected chi connectivity index (χ4v) is 2.59. The third kappa shape index (κ3) is 3.18. The van der Waals surface area contributed by atoms with Gasteiger partial charge in [-0.25, -0.2) is 0 Å². The van der Waals surface area contributed by atoms with E-state index in [2.05, 4.69) is 18.7 Å². The van der Waals surface area contributed by atoms with Crippen molar-refractivity contribution in [2.75, 3.05) is 13.1 Å². The fraction of sp³-hybridized carbons (Fsp3) is 0.909. The van der Waals surface area contributed by atoms with E-state index in [1.807, 2.05) is 0 Å². The van der Waals surface area contributed by atoms with Crippen LogP contribution in [-0.2, 0) is 4.79 Å². The van der Waals surface area contributed by atoms with Crippen molar-refractivity contribution >= 4 is 5.91 Å². The summed E-state index contributed by atoms with van der Waals surface area (Å²) in [5.41, 5.74) is 11.0. The molecular formula is C11H23N3O. The minimum atomic E-state index is -0.244. The van der Waals surface area contributed by atoms with Crippen LogP contribution in [-0.4, -0.2) is 36.0 Å². The average Bonchev–Trinajstić information content (AvgIpc) is 2.60. The summed E-state index contributed by atoms with van der Waals surface area (Å²) in [6.45, 7) is 5.29. The van der Waals surface area contributed by atoms with E-state index in [-0.39, 0.29) is 5.91 Å². The predicted molar refractivity (Wildman–Crippen MR) is 61.2 cm³/mol. The van der Waals surface area contributed by atoms with Gasteiger partial charge in [0, 0.05) is 12.1 Å². The quantitative estimate of drug-likeness (QED) is 0.690. The molecule has 0 saturated heterocycles. The van der Waals surface area contributed by atoms with Crippen molar-refractivity contribution in [2.45, 2.75) is 45.2 Å². The highest BCUT2D eigenvalue weighted by Gasteiger charge is 2.32. The number of carbonyl (C=O) groups excluding carboxylic acids is 1. The van der Waals surface area contributed by atoms with Crippen LogP contribution in [0.3, 0.4) is 0 Å². The Morgan fingerprint density at radius 1 is 1.47 bits per heavy atom. The minimum absolute atomic E-state index is 0.244. The molecule has 15 heavy (non-hydrogen) atoms. The molecule has 4 nitrogen and oxygen atoms in total. The minimum Gasteiger partial charge on any atom is -0.369 e. The molecule has 0 aliphatic heterocycles. The van der Waals surface area contributed by atoms with Gasteiger partial charge in [-0.15, -0.1) is 0 Å². The molecule has 1 rings (SSSR count). The molecule has 0 bridgehead atoms. The molecule has 88 valence electrons. The first-order valence-corrected chi connectivity index (χ1v) is 5.80. The van der Waals surface area contributed by atoms with Crippen molar-refractivity contribution in [1.82, 2.24) is 4.90 Å². The highest BCUT2D eigenvalue weighted by molar-refractivity contribution is 5.76. The molecule has 0 aromatic heterocycles. The van der Waals surface area contributed by atoms with Crippen LogP contribution >= 0.6 is 0 Å². The van der Waals surface area contributed by atoms with E-state index in [9.17, 15) is 4.79 Å². The maximum Gasteiger partial charge on any atom is 0.231 e. The van der Waals surface area contributed by atoms with E-state index in [0.717, 1.165) is 6.42 Å². The van der Waals surface area contributed by atoms with Gasteiger partial charge in [0.2, 0.25) is 5.91 Å². The largest absolute Gasteiger partial charge is 0.369 e. The predicted octanol–water partition coefficient (Wildman–Crippen LogP) is 0.310. The molecule has 1 saturated carbocycles. The average molecular weight is 213 g/mol. The molecule has 0 heterocycles.